The largest absolute Gasteiger partial charge is 0.397 e. The first-order valence-electron chi connectivity index (χ1n) is 8.16. The van der Waals surface area contributed by atoms with Crippen LogP contribution in [0.2, 0.25) is 0 Å². The van der Waals surface area contributed by atoms with Gasteiger partial charge >= 0.3 is 0 Å². The number of aryl methyl sites for hydroxylation is 2. The molecule has 0 radical (unpaired) electrons. The van der Waals surface area contributed by atoms with Crippen LogP contribution in [0.15, 0.2) is 6.20 Å². The van der Waals surface area contributed by atoms with Crippen molar-refractivity contribution in [2.24, 2.45) is 0 Å². The second-order valence-corrected chi connectivity index (χ2v) is 5.24. The second kappa shape index (κ2) is 8.07. The Morgan fingerprint density at radius 1 is 1.33 bits per heavy atom. The lowest BCUT2D eigenvalue weighted by Crippen LogP contribution is -2.35. The first-order valence-corrected chi connectivity index (χ1v) is 8.16. The molecule has 8 heteroatoms. The summed E-state index contributed by atoms with van der Waals surface area (Å²) < 4.78 is 12.6. The number of hydrogen-bond donors (Lipinski definition) is 2. The predicted molar refractivity (Wildman–Crippen MR) is 91.7 cm³/mol. The van der Waals surface area contributed by atoms with E-state index < -0.39 is 6.29 Å². The number of amides is 1. The highest BCUT2D eigenvalue weighted by Crippen LogP contribution is 2.26. The van der Waals surface area contributed by atoms with Gasteiger partial charge in [-0.15, -0.1) is 0 Å². The number of nitrogens with one attached hydrogen (secondary N) is 1. The Morgan fingerprint density at radius 3 is 2.58 bits per heavy atom. The van der Waals surface area contributed by atoms with Gasteiger partial charge in [0.2, 0.25) is 0 Å². The van der Waals surface area contributed by atoms with Crippen molar-refractivity contribution in [3.8, 4) is 0 Å². The van der Waals surface area contributed by atoms with E-state index in [-0.39, 0.29) is 12.5 Å². The highest BCUT2D eigenvalue weighted by molar-refractivity contribution is 6.06. The van der Waals surface area contributed by atoms with Crippen LogP contribution in [0, 0.1) is 6.92 Å². The first kappa shape index (κ1) is 18.2. The number of pyridine rings is 1. The monoisotopic (exact) mass is 335 g/mol. The molecule has 0 spiro atoms. The van der Waals surface area contributed by atoms with Gasteiger partial charge in [-0.2, -0.15) is 5.10 Å². The van der Waals surface area contributed by atoms with Gasteiger partial charge < -0.3 is 20.5 Å². The van der Waals surface area contributed by atoms with Gasteiger partial charge in [-0.1, -0.05) is 0 Å². The molecule has 2 rings (SSSR count). The highest BCUT2D eigenvalue weighted by Gasteiger charge is 2.19. The van der Waals surface area contributed by atoms with Gasteiger partial charge in [0.25, 0.3) is 5.91 Å². The average Bonchev–Trinajstić information content (AvgIpc) is 2.90. The van der Waals surface area contributed by atoms with Crippen LogP contribution in [0.25, 0.3) is 11.0 Å². The number of nitrogens with zero attached hydrogens (tertiary/aromatic N) is 3. The van der Waals surface area contributed by atoms with Crippen molar-refractivity contribution in [1.82, 2.24) is 20.1 Å². The zero-order valence-corrected chi connectivity index (χ0v) is 14.6. The van der Waals surface area contributed by atoms with E-state index in [0.29, 0.717) is 36.7 Å². The molecule has 0 aromatic carbocycles. The van der Waals surface area contributed by atoms with Crippen LogP contribution >= 0.6 is 0 Å². The molecular weight excluding hydrogens is 310 g/mol. The van der Waals surface area contributed by atoms with Crippen LogP contribution in [0.3, 0.4) is 0 Å². The maximum absolute atomic E-state index is 12.4. The molecule has 0 unspecified atom stereocenters. The number of nitrogen functional groups attached to an aromatic ring is 1. The lowest BCUT2D eigenvalue weighted by atomic mass is 10.1. The Kier molecular flexibility index (Phi) is 6.10. The number of fused-ring (bicyclic) bond motifs is 1. The van der Waals surface area contributed by atoms with E-state index in [2.05, 4.69) is 15.4 Å². The maximum Gasteiger partial charge on any atom is 0.255 e. The lowest BCUT2D eigenvalue weighted by Gasteiger charge is -2.17. The number of aromatic nitrogens is 3. The van der Waals surface area contributed by atoms with Gasteiger partial charge in [0.1, 0.15) is 0 Å². The third kappa shape index (κ3) is 3.65. The summed E-state index contributed by atoms with van der Waals surface area (Å²) in [6.45, 7) is 9.52. The molecule has 0 fully saturated rings. The average molecular weight is 335 g/mol. The summed E-state index contributed by atoms with van der Waals surface area (Å²) in [4.78, 5) is 16.8. The molecule has 2 aromatic heterocycles. The molecule has 0 aliphatic carbocycles. The van der Waals surface area contributed by atoms with Crippen LogP contribution in [0.1, 0.15) is 36.8 Å². The Bertz CT molecular complexity index is 707. The van der Waals surface area contributed by atoms with E-state index in [9.17, 15) is 4.79 Å². The van der Waals surface area contributed by atoms with Crippen LogP contribution in [-0.2, 0) is 16.0 Å². The Morgan fingerprint density at radius 2 is 2.00 bits per heavy atom. The molecule has 2 aromatic rings. The Labute approximate surface area is 141 Å². The summed E-state index contributed by atoms with van der Waals surface area (Å²) in [5.74, 6) is -0.310. The number of rotatable bonds is 8. The van der Waals surface area contributed by atoms with Gasteiger partial charge in [0.15, 0.2) is 11.9 Å². The van der Waals surface area contributed by atoms with E-state index in [4.69, 9.17) is 15.2 Å². The van der Waals surface area contributed by atoms with Gasteiger partial charge in [0, 0.05) is 26.0 Å². The zero-order chi connectivity index (χ0) is 17.7. The second-order valence-electron chi connectivity index (χ2n) is 5.24. The molecule has 0 aliphatic rings. The quantitative estimate of drug-likeness (QED) is 0.708. The molecule has 0 bridgehead atoms. The molecule has 24 heavy (non-hydrogen) atoms. The number of anilines is 1. The topological polar surface area (TPSA) is 104 Å². The normalized spacial score (nSPS) is 11.4. The fraction of sp³-hybridized carbons (Fsp3) is 0.562. The van der Waals surface area contributed by atoms with Gasteiger partial charge in [0.05, 0.1) is 28.9 Å². The molecule has 0 atom stereocenters. The molecule has 0 saturated carbocycles. The summed E-state index contributed by atoms with van der Waals surface area (Å²) in [6, 6.07) is 0. The Balaban J connectivity index is 2.20. The third-order valence-electron chi connectivity index (χ3n) is 3.65. The van der Waals surface area contributed by atoms with Crippen molar-refractivity contribution in [2.45, 2.75) is 40.5 Å². The van der Waals surface area contributed by atoms with Crippen LogP contribution < -0.4 is 11.1 Å². The lowest BCUT2D eigenvalue weighted by molar-refractivity contribution is -0.131. The smallest absolute Gasteiger partial charge is 0.255 e. The molecule has 3 N–H and O–H groups in total. The number of hydrogen-bond acceptors (Lipinski definition) is 6. The minimum absolute atomic E-state index is 0.241. The highest BCUT2D eigenvalue weighted by atomic mass is 16.7. The maximum atomic E-state index is 12.4. The van der Waals surface area contributed by atoms with Gasteiger partial charge in [-0.05, 0) is 27.7 Å². The molecule has 0 aliphatic heterocycles. The number of ether oxygens (including phenoxy) is 2. The fourth-order valence-corrected chi connectivity index (χ4v) is 2.56. The summed E-state index contributed by atoms with van der Waals surface area (Å²) in [5.41, 5.74) is 8.35. The van der Waals surface area contributed by atoms with E-state index in [0.717, 1.165) is 11.1 Å². The van der Waals surface area contributed by atoms with Crippen LogP contribution in [-0.4, -0.2) is 46.7 Å². The summed E-state index contributed by atoms with van der Waals surface area (Å²) in [7, 11) is 0. The molecule has 132 valence electrons. The van der Waals surface area contributed by atoms with E-state index in [1.807, 2.05) is 27.7 Å². The predicted octanol–water partition coefficient (Wildman–Crippen LogP) is 1.47. The van der Waals surface area contributed by atoms with Crippen molar-refractivity contribution < 1.29 is 14.3 Å². The van der Waals surface area contributed by atoms with Crippen molar-refractivity contribution in [3.05, 3.63) is 17.5 Å². The fourth-order valence-electron chi connectivity index (χ4n) is 2.56. The molecule has 0 saturated heterocycles. The van der Waals surface area contributed by atoms with Gasteiger partial charge in [-0.25, -0.2) is 9.67 Å². The summed E-state index contributed by atoms with van der Waals surface area (Å²) in [5, 5.41) is 7.89. The molecule has 8 nitrogen and oxygen atoms in total. The van der Waals surface area contributed by atoms with E-state index >= 15 is 0 Å². The van der Waals surface area contributed by atoms with Crippen LogP contribution in [0.4, 0.5) is 5.69 Å². The van der Waals surface area contributed by atoms with Crippen LogP contribution in [0.5, 0.6) is 0 Å². The summed E-state index contributed by atoms with van der Waals surface area (Å²) >= 11 is 0. The van der Waals surface area contributed by atoms with Crippen molar-refractivity contribution in [3.63, 3.8) is 0 Å². The number of carbonyl (C=O) groups excluding carboxylic acids is 1. The number of nitrogens with two attached hydrogens (primary N) is 1. The van der Waals surface area contributed by atoms with E-state index in [1.165, 1.54) is 6.20 Å². The Hall–Kier alpha value is -2.19. The van der Waals surface area contributed by atoms with Crippen molar-refractivity contribution in [1.29, 1.82) is 0 Å². The van der Waals surface area contributed by atoms with Crippen molar-refractivity contribution in [2.75, 3.05) is 25.5 Å². The standard InChI is InChI=1S/C16H25N5O3/c1-5-21-15-13(10(4)20-21)14(17)11(8-18-15)16(22)19-9-12(23-6-2)24-7-3/h8,12H,5-7,9H2,1-4H3,(H2,17,18)(H,19,22). The zero-order valence-electron chi connectivity index (χ0n) is 14.6. The summed E-state index contributed by atoms with van der Waals surface area (Å²) in [6.07, 6.45) is 1.00. The minimum atomic E-state index is -0.480. The number of carbonyl (C=O) groups is 1. The van der Waals surface area contributed by atoms with Gasteiger partial charge in [-0.3, -0.25) is 4.79 Å². The van der Waals surface area contributed by atoms with E-state index in [1.54, 1.807) is 4.68 Å². The van der Waals surface area contributed by atoms with Crippen molar-refractivity contribution >= 4 is 22.6 Å². The molecule has 2 heterocycles. The third-order valence-corrected chi connectivity index (χ3v) is 3.65. The minimum Gasteiger partial charge on any atom is -0.397 e. The molecular formula is C16H25N5O3. The SMILES string of the molecule is CCOC(CNC(=O)c1cnc2c(c(C)nn2CC)c1N)OCC. The molecule has 1 amide bonds. The first-order chi connectivity index (χ1) is 11.5.